The van der Waals surface area contributed by atoms with Gasteiger partial charge in [0.05, 0.1) is 23.5 Å². The Morgan fingerprint density at radius 3 is 2.43 bits per heavy atom. The van der Waals surface area contributed by atoms with E-state index in [-0.39, 0.29) is 31.7 Å². The van der Waals surface area contributed by atoms with Gasteiger partial charge in [-0.1, -0.05) is 11.6 Å². The number of aromatic nitrogens is 4. The monoisotopic (exact) mass is 442 g/mol. The lowest BCUT2D eigenvalue weighted by molar-refractivity contribution is 0.0600. The second-order valence-electron chi connectivity index (χ2n) is 5.61. The quantitative estimate of drug-likeness (QED) is 0.457. The van der Waals surface area contributed by atoms with Gasteiger partial charge in [0, 0.05) is 25.0 Å². The lowest BCUT2D eigenvalue weighted by Gasteiger charge is -2.12. The Labute approximate surface area is 171 Å². The largest absolute Gasteiger partial charge is 0.464 e. The summed E-state index contributed by atoms with van der Waals surface area (Å²) < 4.78 is 22.0. The van der Waals surface area contributed by atoms with Crippen LogP contribution in [0.2, 0.25) is 5.02 Å². The van der Waals surface area contributed by atoms with Crippen LogP contribution in [0.15, 0.2) is 27.1 Å². The van der Waals surface area contributed by atoms with Gasteiger partial charge in [0.25, 0.3) is 0 Å². The summed E-state index contributed by atoms with van der Waals surface area (Å²) >= 11 is 12.2. The van der Waals surface area contributed by atoms with Crippen LogP contribution < -0.4 is 11.4 Å². The van der Waals surface area contributed by atoms with Gasteiger partial charge in [0.1, 0.15) is 5.82 Å². The lowest BCUT2D eigenvalue weighted by Crippen LogP contribution is -2.43. The fraction of sp³-hybridized carbons (Fsp3) is 0.188. The fourth-order valence-corrected chi connectivity index (χ4v) is 3.60. The molecule has 8 nitrogen and oxygen atoms in total. The van der Waals surface area contributed by atoms with Crippen molar-refractivity contribution >= 4 is 41.1 Å². The molecule has 0 spiro atoms. The highest BCUT2D eigenvalue weighted by atomic mass is 35.5. The van der Waals surface area contributed by atoms with Crippen LogP contribution in [0.5, 0.6) is 0 Å². The SMILES string of the molecule is COC(=O)c1nc(-c2cc(-n3c(=O)n(C)c(=S)n(C)c3=O)c(F)cc2Cl)cs1. The van der Waals surface area contributed by atoms with Gasteiger partial charge in [-0.05, 0) is 24.4 Å². The Balaban J connectivity index is 2.29. The number of hydrogen-bond acceptors (Lipinski definition) is 7. The number of benzene rings is 1. The van der Waals surface area contributed by atoms with E-state index in [1.54, 1.807) is 0 Å². The first kappa shape index (κ1) is 20.1. The van der Waals surface area contributed by atoms with Gasteiger partial charge in [0.15, 0.2) is 4.77 Å². The number of esters is 1. The van der Waals surface area contributed by atoms with Crippen LogP contribution in [-0.4, -0.2) is 31.8 Å². The smallest absolute Gasteiger partial charge is 0.367 e. The van der Waals surface area contributed by atoms with Gasteiger partial charge in [-0.2, -0.15) is 0 Å². The van der Waals surface area contributed by atoms with E-state index < -0.39 is 23.2 Å². The van der Waals surface area contributed by atoms with E-state index in [0.29, 0.717) is 4.57 Å². The molecule has 0 bridgehead atoms. The van der Waals surface area contributed by atoms with Crippen molar-refractivity contribution in [3.63, 3.8) is 0 Å². The van der Waals surface area contributed by atoms with Gasteiger partial charge >= 0.3 is 17.3 Å². The normalized spacial score (nSPS) is 10.9. The third kappa shape index (κ3) is 3.21. The summed E-state index contributed by atoms with van der Waals surface area (Å²) in [6.07, 6.45) is 0. The number of rotatable bonds is 3. The van der Waals surface area contributed by atoms with Crippen molar-refractivity contribution in [3.05, 3.63) is 59.1 Å². The molecular weight excluding hydrogens is 431 g/mol. The first-order chi connectivity index (χ1) is 13.2. The number of thiazole rings is 1. The highest BCUT2D eigenvalue weighted by Crippen LogP contribution is 2.32. The third-order valence-electron chi connectivity index (χ3n) is 3.95. The van der Waals surface area contributed by atoms with E-state index in [0.717, 1.165) is 26.5 Å². The van der Waals surface area contributed by atoms with E-state index in [1.807, 2.05) is 0 Å². The molecule has 0 fully saturated rings. The van der Waals surface area contributed by atoms with Crippen LogP contribution >= 0.6 is 35.2 Å². The molecule has 0 radical (unpaired) electrons. The van der Waals surface area contributed by atoms with E-state index >= 15 is 0 Å². The Hall–Kier alpha value is -2.63. The predicted molar refractivity (Wildman–Crippen MR) is 105 cm³/mol. The Kier molecular flexibility index (Phi) is 5.33. The minimum atomic E-state index is -0.881. The molecule has 146 valence electrons. The van der Waals surface area contributed by atoms with E-state index in [2.05, 4.69) is 9.72 Å². The third-order valence-corrected chi connectivity index (χ3v) is 5.63. The Bertz CT molecular complexity index is 1250. The van der Waals surface area contributed by atoms with Crippen molar-refractivity contribution in [3.8, 4) is 16.9 Å². The molecule has 0 atom stereocenters. The van der Waals surface area contributed by atoms with Crippen molar-refractivity contribution in [2.24, 2.45) is 14.1 Å². The second-order valence-corrected chi connectivity index (χ2v) is 7.24. The molecule has 2 aromatic heterocycles. The maximum absolute atomic E-state index is 14.6. The highest BCUT2D eigenvalue weighted by Gasteiger charge is 2.20. The van der Waals surface area contributed by atoms with Gasteiger partial charge in [-0.3, -0.25) is 9.13 Å². The van der Waals surface area contributed by atoms with Crippen molar-refractivity contribution in [2.45, 2.75) is 0 Å². The van der Waals surface area contributed by atoms with E-state index in [4.69, 9.17) is 23.8 Å². The van der Waals surface area contributed by atoms with Crippen LogP contribution in [0.1, 0.15) is 9.80 Å². The van der Waals surface area contributed by atoms with Crippen LogP contribution in [-0.2, 0) is 18.8 Å². The summed E-state index contributed by atoms with van der Waals surface area (Å²) in [6.45, 7) is 0. The molecule has 0 amide bonds. The molecule has 0 aliphatic heterocycles. The number of carbonyl (C=O) groups excluding carboxylic acids is 1. The summed E-state index contributed by atoms with van der Waals surface area (Å²) in [6, 6.07) is 2.19. The van der Waals surface area contributed by atoms with Crippen molar-refractivity contribution in [1.82, 2.24) is 18.7 Å². The minimum Gasteiger partial charge on any atom is -0.464 e. The zero-order valence-electron chi connectivity index (χ0n) is 14.7. The standard InChI is InChI=1S/C16H12ClFN4O4S2/c1-20-14(24)22(15(25)21(2)16(20)27)11-4-7(8(17)5-9(11)18)10-6-28-12(19-10)13(23)26-3/h4-6H,1-3H3. The molecule has 0 unspecified atom stereocenters. The van der Waals surface area contributed by atoms with Gasteiger partial charge in [0.2, 0.25) is 5.01 Å². The second kappa shape index (κ2) is 7.41. The molecule has 12 heteroatoms. The maximum Gasteiger partial charge on any atom is 0.367 e. The maximum atomic E-state index is 14.6. The fourth-order valence-electron chi connectivity index (χ4n) is 2.46. The average Bonchev–Trinajstić information content (AvgIpc) is 3.15. The Morgan fingerprint density at radius 1 is 1.25 bits per heavy atom. The summed E-state index contributed by atoms with van der Waals surface area (Å²) in [7, 11) is 3.97. The summed E-state index contributed by atoms with van der Waals surface area (Å²) in [4.78, 5) is 40.8. The average molecular weight is 443 g/mol. The topological polar surface area (TPSA) is 88.1 Å². The molecule has 3 aromatic rings. The molecule has 3 rings (SSSR count). The molecular formula is C16H12ClFN4O4S2. The first-order valence-electron chi connectivity index (χ1n) is 7.60. The number of hydrogen-bond donors (Lipinski definition) is 0. The molecule has 0 saturated heterocycles. The molecule has 2 heterocycles. The van der Waals surface area contributed by atoms with Crippen LogP contribution in [0.3, 0.4) is 0 Å². The van der Waals surface area contributed by atoms with Crippen molar-refractivity contribution < 1.29 is 13.9 Å². The van der Waals surface area contributed by atoms with Crippen LogP contribution in [0.4, 0.5) is 4.39 Å². The first-order valence-corrected chi connectivity index (χ1v) is 9.26. The number of carbonyl (C=O) groups is 1. The number of ether oxygens (including phenoxy) is 1. The number of methoxy groups -OCH3 is 1. The molecule has 0 saturated carbocycles. The number of halogens is 2. The van der Waals surface area contributed by atoms with E-state index in [1.165, 1.54) is 32.7 Å². The molecule has 1 aromatic carbocycles. The zero-order valence-corrected chi connectivity index (χ0v) is 17.1. The van der Waals surface area contributed by atoms with Crippen molar-refractivity contribution in [1.29, 1.82) is 0 Å². The van der Waals surface area contributed by atoms with Gasteiger partial charge < -0.3 is 4.74 Å². The van der Waals surface area contributed by atoms with Crippen LogP contribution in [0.25, 0.3) is 16.9 Å². The molecule has 28 heavy (non-hydrogen) atoms. The van der Waals surface area contributed by atoms with Crippen LogP contribution in [0, 0.1) is 10.6 Å². The summed E-state index contributed by atoms with van der Waals surface area (Å²) in [5.74, 6) is -1.51. The number of nitrogens with zero attached hydrogens (tertiary/aromatic N) is 4. The molecule has 0 aliphatic rings. The Morgan fingerprint density at radius 2 is 1.86 bits per heavy atom. The molecule has 0 N–H and O–H groups in total. The zero-order chi connectivity index (χ0) is 20.7. The van der Waals surface area contributed by atoms with E-state index in [9.17, 15) is 18.8 Å². The van der Waals surface area contributed by atoms with Crippen molar-refractivity contribution in [2.75, 3.05) is 7.11 Å². The minimum absolute atomic E-state index is 0.00268. The highest BCUT2D eigenvalue weighted by molar-refractivity contribution is 7.71. The summed E-state index contributed by atoms with van der Waals surface area (Å²) in [5.41, 5.74) is -1.43. The molecule has 0 aliphatic carbocycles. The van der Waals surface area contributed by atoms with Gasteiger partial charge in [-0.15, -0.1) is 11.3 Å². The van der Waals surface area contributed by atoms with Gasteiger partial charge in [-0.25, -0.2) is 28.3 Å². The summed E-state index contributed by atoms with van der Waals surface area (Å²) in [5, 5.41) is 1.61. The predicted octanol–water partition coefficient (Wildman–Crippen LogP) is 2.31. The lowest BCUT2D eigenvalue weighted by atomic mass is 10.1.